The highest BCUT2D eigenvalue weighted by Crippen LogP contribution is 2.37. The summed E-state index contributed by atoms with van der Waals surface area (Å²) in [6.07, 6.45) is 1.23. The molecule has 6 heteroatoms. The van der Waals surface area contributed by atoms with E-state index in [1.807, 2.05) is 7.05 Å². The van der Waals surface area contributed by atoms with Crippen LogP contribution < -0.4 is 21.3 Å². The minimum absolute atomic E-state index is 0.331. The highest BCUT2D eigenvalue weighted by molar-refractivity contribution is 5.74. The van der Waals surface area contributed by atoms with Crippen LogP contribution in [0.15, 0.2) is 0 Å². The predicted octanol–water partition coefficient (Wildman–Crippen LogP) is -0.608. The summed E-state index contributed by atoms with van der Waals surface area (Å²) in [5.41, 5.74) is 7.83. The van der Waals surface area contributed by atoms with Crippen LogP contribution in [-0.2, 0) is 6.42 Å². The van der Waals surface area contributed by atoms with E-state index in [-0.39, 0.29) is 0 Å². The van der Waals surface area contributed by atoms with Crippen LogP contribution in [0.2, 0.25) is 0 Å². The van der Waals surface area contributed by atoms with Gasteiger partial charge in [0.2, 0.25) is 5.95 Å². The summed E-state index contributed by atoms with van der Waals surface area (Å²) < 4.78 is 0. The maximum Gasteiger partial charge on any atom is 0.222 e. The fourth-order valence-corrected chi connectivity index (χ4v) is 2.36. The molecule has 0 spiro atoms. The van der Waals surface area contributed by atoms with Gasteiger partial charge in [0.1, 0.15) is 5.69 Å². The van der Waals surface area contributed by atoms with Crippen LogP contribution in [0, 0.1) is 0 Å². The summed E-state index contributed by atoms with van der Waals surface area (Å²) in [5.74, 6) is 1.23. The van der Waals surface area contributed by atoms with Crippen molar-refractivity contribution in [3.8, 4) is 0 Å². The Kier molecular flexibility index (Phi) is 1.72. The van der Waals surface area contributed by atoms with Gasteiger partial charge in [0.05, 0.1) is 11.9 Å². The number of nitrogens with zero attached hydrogens (tertiary/aromatic N) is 3. The summed E-state index contributed by atoms with van der Waals surface area (Å²) in [6.45, 7) is 1.89. The van der Waals surface area contributed by atoms with Gasteiger partial charge in [0.15, 0.2) is 5.82 Å². The van der Waals surface area contributed by atoms with E-state index in [1.165, 1.54) is 0 Å². The number of aromatic nitrogens is 2. The number of rotatable bonds is 1. The Morgan fingerprint density at radius 2 is 2.40 bits per heavy atom. The second-order valence-corrected chi connectivity index (χ2v) is 3.85. The van der Waals surface area contributed by atoms with Crippen LogP contribution in [-0.4, -0.2) is 36.3 Å². The second kappa shape index (κ2) is 2.96. The smallest absolute Gasteiger partial charge is 0.222 e. The minimum Gasteiger partial charge on any atom is -0.368 e. The van der Waals surface area contributed by atoms with Gasteiger partial charge in [0.25, 0.3) is 0 Å². The molecule has 0 radical (unpaired) electrons. The lowest BCUT2D eigenvalue weighted by atomic mass is 10.3. The second-order valence-electron chi connectivity index (χ2n) is 3.85. The normalized spacial score (nSPS) is 22.5. The van der Waals surface area contributed by atoms with Crippen molar-refractivity contribution in [3.05, 3.63) is 5.69 Å². The third-order valence-corrected chi connectivity index (χ3v) is 3.00. The predicted molar refractivity (Wildman–Crippen MR) is 58.8 cm³/mol. The molecular weight excluding hydrogens is 192 g/mol. The van der Waals surface area contributed by atoms with E-state index in [0.29, 0.717) is 12.1 Å². The lowest BCUT2D eigenvalue weighted by molar-refractivity contribution is 0.549. The number of nitrogen functional groups attached to an aromatic ring is 1. The molecule has 15 heavy (non-hydrogen) atoms. The molecule has 1 aromatic heterocycles. The van der Waals surface area contributed by atoms with E-state index in [0.717, 1.165) is 36.7 Å². The SMILES string of the molecule is CNC1Cc2nc(N)nc3c2N1CCN3. The zero-order valence-corrected chi connectivity index (χ0v) is 8.62. The molecule has 0 fully saturated rings. The average molecular weight is 206 g/mol. The largest absolute Gasteiger partial charge is 0.368 e. The van der Waals surface area contributed by atoms with E-state index in [2.05, 4.69) is 25.5 Å². The molecule has 1 atom stereocenters. The number of hydrogen-bond donors (Lipinski definition) is 3. The van der Waals surface area contributed by atoms with Crippen LogP contribution in [0.1, 0.15) is 5.69 Å². The molecule has 0 aromatic carbocycles. The number of anilines is 3. The molecule has 2 aliphatic rings. The van der Waals surface area contributed by atoms with Gasteiger partial charge in [-0.1, -0.05) is 0 Å². The molecule has 3 rings (SSSR count). The lowest BCUT2D eigenvalue weighted by Gasteiger charge is -2.31. The first kappa shape index (κ1) is 8.72. The molecule has 0 saturated carbocycles. The highest BCUT2D eigenvalue weighted by atomic mass is 15.3. The molecule has 1 aromatic rings. The quantitative estimate of drug-likeness (QED) is 0.569. The van der Waals surface area contributed by atoms with E-state index >= 15 is 0 Å². The van der Waals surface area contributed by atoms with Crippen molar-refractivity contribution in [3.63, 3.8) is 0 Å². The van der Waals surface area contributed by atoms with Gasteiger partial charge < -0.3 is 21.3 Å². The minimum atomic E-state index is 0.331. The Hall–Kier alpha value is -1.56. The van der Waals surface area contributed by atoms with Gasteiger partial charge in [0, 0.05) is 19.5 Å². The maximum absolute atomic E-state index is 5.66. The van der Waals surface area contributed by atoms with Crippen LogP contribution in [0.5, 0.6) is 0 Å². The Morgan fingerprint density at radius 3 is 3.20 bits per heavy atom. The first-order valence-corrected chi connectivity index (χ1v) is 5.14. The summed E-state index contributed by atoms with van der Waals surface area (Å²) in [7, 11) is 1.97. The van der Waals surface area contributed by atoms with Gasteiger partial charge in [-0.15, -0.1) is 0 Å². The molecule has 1 unspecified atom stereocenters. The monoisotopic (exact) mass is 206 g/mol. The molecule has 3 heterocycles. The Morgan fingerprint density at radius 1 is 1.53 bits per heavy atom. The third kappa shape index (κ3) is 1.14. The Balaban J connectivity index is 2.13. The first-order valence-electron chi connectivity index (χ1n) is 5.14. The van der Waals surface area contributed by atoms with Crippen molar-refractivity contribution >= 4 is 17.5 Å². The lowest BCUT2D eigenvalue weighted by Crippen LogP contribution is -2.45. The van der Waals surface area contributed by atoms with Crippen molar-refractivity contribution in [1.29, 1.82) is 0 Å². The fraction of sp³-hybridized carbons (Fsp3) is 0.556. The van der Waals surface area contributed by atoms with Crippen LogP contribution >= 0.6 is 0 Å². The fourth-order valence-electron chi connectivity index (χ4n) is 2.36. The third-order valence-electron chi connectivity index (χ3n) is 3.00. The van der Waals surface area contributed by atoms with Crippen molar-refractivity contribution in [2.75, 3.05) is 36.1 Å². The number of nitrogens with one attached hydrogen (secondary N) is 2. The molecular formula is C9H14N6. The highest BCUT2D eigenvalue weighted by Gasteiger charge is 2.34. The zero-order chi connectivity index (χ0) is 10.4. The van der Waals surface area contributed by atoms with Gasteiger partial charge in [-0.3, -0.25) is 0 Å². The van der Waals surface area contributed by atoms with Crippen LogP contribution in [0.3, 0.4) is 0 Å². The molecule has 6 nitrogen and oxygen atoms in total. The molecule has 0 bridgehead atoms. The van der Waals surface area contributed by atoms with E-state index in [9.17, 15) is 0 Å². The average Bonchev–Trinajstić information content (AvgIpc) is 2.58. The van der Waals surface area contributed by atoms with Gasteiger partial charge in [-0.2, -0.15) is 4.98 Å². The van der Waals surface area contributed by atoms with Crippen LogP contribution in [0.4, 0.5) is 17.5 Å². The Labute approximate surface area is 87.9 Å². The van der Waals surface area contributed by atoms with Gasteiger partial charge in [-0.05, 0) is 7.05 Å². The van der Waals surface area contributed by atoms with E-state index in [4.69, 9.17) is 5.73 Å². The van der Waals surface area contributed by atoms with Gasteiger partial charge >= 0.3 is 0 Å². The van der Waals surface area contributed by atoms with Gasteiger partial charge in [-0.25, -0.2) is 4.98 Å². The first-order chi connectivity index (χ1) is 7.29. The van der Waals surface area contributed by atoms with Crippen molar-refractivity contribution < 1.29 is 0 Å². The van der Waals surface area contributed by atoms with Crippen LogP contribution in [0.25, 0.3) is 0 Å². The van der Waals surface area contributed by atoms with E-state index < -0.39 is 0 Å². The Bertz CT molecular complexity index is 404. The molecule has 80 valence electrons. The maximum atomic E-state index is 5.66. The van der Waals surface area contributed by atoms with Crippen molar-refractivity contribution in [2.45, 2.75) is 12.6 Å². The van der Waals surface area contributed by atoms with Crippen molar-refractivity contribution in [1.82, 2.24) is 15.3 Å². The number of hydrogen-bond acceptors (Lipinski definition) is 6. The summed E-state index contributed by atoms with van der Waals surface area (Å²) in [4.78, 5) is 10.8. The summed E-state index contributed by atoms with van der Waals surface area (Å²) in [6, 6.07) is 0. The molecule has 2 aliphatic heterocycles. The molecule has 0 aliphatic carbocycles. The number of nitrogens with two attached hydrogens (primary N) is 1. The van der Waals surface area contributed by atoms with Crippen molar-refractivity contribution in [2.24, 2.45) is 0 Å². The molecule has 0 saturated heterocycles. The zero-order valence-electron chi connectivity index (χ0n) is 8.62. The molecule has 0 amide bonds. The summed E-state index contributed by atoms with van der Waals surface area (Å²) in [5, 5.41) is 6.54. The van der Waals surface area contributed by atoms with E-state index in [1.54, 1.807) is 0 Å². The summed E-state index contributed by atoms with van der Waals surface area (Å²) >= 11 is 0. The number of likely N-dealkylation sites (N-methyl/N-ethyl adjacent to an activating group) is 1. The molecule has 4 N–H and O–H groups in total. The topological polar surface area (TPSA) is 79.1 Å². The standard InChI is InChI=1S/C9H14N6/c1-11-6-4-5-7-8(14-9(10)13-5)12-2-3-15(6)7/h6,11H,2-4H2,1H3,(H3,10,12,13,14).